The lowest BCUT2D eigenvalue weighted by atomic mass is 10.0. The van der Waals surface area contributed by atoms with Gasteiger partial charge in [0.05, 0.1) is 16.8 Å². The standard InChI is InChI=1S/C24H22N2S.C2H6/c1-18-10-4-6-13-22(18)19(2)26(20(3)27-17-9-16-25)24-15-8-12-21-11-5-7-14-23(21)24;1-2/h4-8,10-15H,2-3,9,17H2,1H3;1-2H3. The first-order chi connectivity index (χ1) is 14.1. The van der Waals surface area contributed by atoms with Gasteiger partial charge in [0.15, 0.2) is 0 Å². The molecule has 0 saturated carbocycles. The molecule has 0 atom stereocenters. The molecule has 0 bridgehead atoms. The van der Waals surface area contributed by atoms with E-state index in [9.17, 15) is 0 Å². The van der Waals surface area contributed by atoms with Crippen LogP contribution in [0.2, 0.25) is 0 Å². The van der Waals surface area contributed by atoms with Crippen LogP contribution in [0, 0.1) is 18.3 Å². The molecule has 0 fully saturated rings. The minimum absolute atomic E-state index is 0.490. The molecule has 0 spiro atoms. The third-order valence-electron chi connectivity index (χ3n) is 4.47. The smallest absolute Gasteiger partial charge is 0.0726 e. The lowest BCUT2D eigenvalue weighted by molar-refractivity contribution is 1.23. The highest BCUT2D eigenvalue weighted by atomic mass is 32.2. The SMILES string of the molecule is C=C(SCCC#N)N(C(=C)c1ccccc1C)c1cccc2ccccc12.CC. The Labute approximate surface area is 179 Å². The number of hydrogen-bond acceptors (Lipinski definition) is 3. The number of anilines is 1. The molecule has 0 N–H and O–H groups in total. The van der Waals surface area contributed by atoms with Crippen molar-refractivity contribution < 1.29 is 0 Å². The fourth-order valence-electron chi connectivity index (χ4n) is 3.13. The Morgan fingerprint density at radius 2 is 1.62 bits per heavy atom. The van der Waals surface area contributed by atoms with Crippen LogP contribution in [0.4, 0.5) is 5.69 Å². The minimum atomic E-state index is 0.490. The fraction of sp³-hybridized carbons (Fsp3) is 0.192. The lowest BCUT2D eigenvalue weighted by Gasteiger charge is -2.30. The molecular formula is C26H28N2S. The van der Waals surface area contributed by atoms with Gasteiger partial charge < -0.3 is 4.90 Å². The Balaban J connectivity index is 0.00000145. The summed E-state index contributed by atoms with van der Waals surface area (Å²) in [5.74, 6) is 0.706. The maximum absolute atomic E-state index is 8.88. The molecular weight excluding hydrogens is 372 g/mol. The van der Waals surface area contributed by atoms with Gasteiger partial charge in [-0.2, -0.15) is 5.26 Å². The molecule has 0 saturated heterocycles. The number of hydrogen-bond donors (Lipinski definition) is 0. The number of fused-ring (bicyclic) bond motifs is 1. The van der Waals surface area contributed by atoms with Crippen LogP contribution in [-0.4, -0.2) is 5.75 Å². The Morgan fingerprint density at radius 3 is 2.34 bits per heavy atom. The molecule has 0 unspecified atom stereocenters. The topological polar surface area (TPSA) is 27.0 Å². The summed E-state index contributed by atoms with van der Waals surface area (Å²) in [5.41, 5.74) is 4.20. The number of aryl methyl sites for hydroxylation is 1. The molecule has 0 aromatic heterocycles. The molecule has 29 heavy (non-hydrogen) atoms. The summed E-state index contributed by atoms with van der Waals surface area (Å²) in [4.78, 5) is 2.12. The van der Waals surface area contributed by atoms with Crippen molar-refractivity contribution in [1.82, 2.24) is 0 Å². The predicted molar refractivity (Wildman–Crippen MR) is 130 cm³/mol. The number of nitrogens with zero attached hydrogens (tertiary/aromatic N) is 2. The van der Waals surface area contributed by atoms with Gasteiger partial charge in [0, 0.05) is 28.8 Å². The summed E-state index contributed by atoms with van der Waals surface area (Å²) < 4.78 is 0. The van der Waals surface area contributed by atoms with Crippen molar-refractivity contribution in [2.24, 2.45) is 0 Å². The molecule has 3 aromatic carbocycles. The monoisotopic (exact) mass is 400 g/mol. The first-order valence-electron chi connectivity index (χ1n) is 9.85. The summed E-state index contributed by atoms with van der Waals surface area (Å²) in [5, 5.41) is 12.1. The minimum Gasteiger partial charge on any atom is -0.305 e. The number of nitriles is 1. The van der Waals surface area contributed by atoms with Crippen LogP contribution < -0.4 is 4.90 Å². The zero-order valence-electron chi connectivity index (χ0n) is 17.5. The molecule has 0 aliphatic carbocycles. The van der Waals surface area contributed by atoms with Crippen LogP contribution >= 0.6 is 11.8 Å². The fourth-order valence-corrected chi connectivity index (χ4v) is 3.90. The first kappa shape index (κ1) is 22.3. The zero-order valence-corrected chi connectivity index (χ0v) is 18.3. The largest absolute Gasteiger partial charge is 0.305 e. The molecule has 2 nitrogen and oxygen atoms in total. The van der Waals surface area contributed by atoms with Crippen LogP contribution in [0.5, 0.6) is 0 Å². The molecule has 0 radical (unpaired) electrons. The second-order valence-electron chi connectivity index (χ2n) is 6.25. The summed E-state index contributed by atoms with van der Waals surface area (Å²) in [6.45, 7) is 14.8. The van der Waals surface area contributed by atoms with Crippen LogP contribution in [0.1, 0.15) is 31.4 Å². The molecule has 3 aromatic rings. The summed E-state index contributed by atoms with van der Waals surface area (Å²) in [6, 6.07) is 25.0. The van der Waals surface area contributed by atoms with Crippen molar-refractivity contribution in [3.63, 3.8) is 0 Å². The molecule has 3 rings (SSSR count). The Bertz CT molecular complexity index is 1020. The first-order valence-corrected chi connectivity index (χ1v) is 10.8. The molecule has 3 heteroatoms. The van der Waals surface area contributed by atoms with E-state index in [1.54, 1.807) is 11.8 Å². The normalized spacial score (nSPS) is 9.86. The second kappa shape index (κ2) is 11.1. The highest BCUT2D eigenvalue weighted by Crippen LogP contribution is 2.38. The van der Waals surface area contributed by atoms with Crippen molar-refractivity contribution in [3.05, 3.63) is 96.0 Å². The average molecular weight is 401 g/mol. The average Bonchev–Trinajstić information content (AvgIpc) is 2.76. The molecule has 0 amide bonds. The van der Waals surface area contributed by atoms with Gasteiger partial charge in [0.1, 0.15) is 0 Å². The molecule has 148 valence electrons. The van der Waals surface area contributed by atoms with Gasteiger partial charge in [-0.3, -0.25) is 0 Å². The summed E-state index contributed by atoms with van der Waals surface area (Å²) in [6.07, 6.45) is 0.490. The van der Waals surface area contributed by atoms with E-state index in [0.29, 0.717) is 12.2 Å². The van der Waals surface area contributed by atoms with Gasteiger partial charge in [0.25, 0.3) is 0 Å². The van der Waals surface area contributed by atoms with E-state index < -0.39 is 0 Å². The maximum atomic E-state index is 8.88. The van der Waals surface area contributed by atoms with E-state index in [4.69, 9.17) is 5.26 Å². The number of thioether (sulfide) groups is 1. The number of benzene rings is 3. The van der Waals surface area contributed by atoms with Crippen molar-refractivity contribution >= 4 is 33.9 Å². The van der Waals surface area contributed by atoms with Crippen molar-refractivity contribution in [2.45, 2.75) is 27.2 Å². The zero-order chi connectivity index (χ0) is 21.2. The van der Waals surface area contributed by atoms with Crippen LogP contribution in [0.15, 0.2) is 84.9 Å². The van der Waals surface area contributed by atoms with Gasteiger partial charge in [-0.05, 0) is 23.9 Å². The summed E-state index contributed by atoms with van der Waals surface area (Å²) in [7, 11) is 0. The van der Waals surface area contributed by atoms with Crippen LogP contribution in [0.3, 0.4) is 0 Å². The molecule has 0 aliphatic heterocycles. The predicted octanol–water partition coefficient (Wildman–Crippen LogP) is 7.77. The van der Waals surface area contributed by atoms with E-state index in [1.165, 1.54) is 10.9 Å². The van der Waals surface area contributed by atoms with Crippen LogP contribution in [-0.2, 0) is 0 Å². The van der Waals surface area contributed by atoms with E-state index in [0.717, 1.165) is 27.4 Å². The van der Waals surface area contributed by atoms with Crippen molar-refractivity contribution in [1.29, 1.82) is 5.26 Å². The molecule has 0 aliphatic rings. The highest BCUT2D eigenvalue weighted by molar-refractivity contribution is 8.03. The second-order valence-corrected chi connectivity index (χ2v) is 7.41. The Kier molecular flexibility index (Phi) is 8.58. The third-order valence-corrected chi connectivity index (χ3v) is 5.39. The quantitative estimate of drug-likeness (QED) is 0.379. The summed E-state index contributed by atoms with van der Waals surface area (Å²) >= 11 is 1.59. The highest BCUT2D eigenvalue weighted by Gasteiger charge is 2.19. The van der Waals surface area contributed by atoms with E-state index in [-0.39, 0.29) is 0 Å². The van der Waals surface area contributed by atoms with Gasteiger partial charge in [-0.25, -0.2) is 0 Å². The van der Waals surface area contributed by atoms with Gasteiger partial charge in [-0.15, -0.1) is 11.8 Å². The van der Waals surface area contributed by atoms with Gasteiger partial charge >= 0.3 is 0 Å². The van der Waals surface area contributed by atoms with E-state index in [1.807, 2.05) is 38.1 Å². The van der Waals surface area contributed by atoms with Crippen LogP contribution in [0.25, 0.3) is 16.5 Å². The third kappa shape index (κ3) is 5.31. The van der Waals surface area contributed by atoms with E-state index >= 15 is 0 Å². The maximum Gasteiger partial charge on any atom is 0.0726 e. The van der Waals surface area contributed by atoms with E-state index in [2.05, 4.69) is 73.5 Å². The van der Waals surface area contributed by atoms with Gasteiger partial charge in [-0.1, -0.05) is 87.7 Å². The number of rotatable bonds is 7. The van der Waals surface area contributed by atoms with Crippen molar-refractivity contribution in [2.75, 3.05) is 10.7 Å². The van der Waals surface area contributed by atoms with Gasteiger partial charge in [0.2, 0.25) is 0 Å². The van der Waals surface area contributed by atoms with Crippen molar-refractivity contribution in [3.8, 4) is 6.07 Å². The molecule has 0 heterocycles. The Hall–Kier alpha value is -2.96. The Morgan fingerprint density at radius 1 is 0.966 bits per heavy atom. The lowest BCUT2D eigenvalue weighted by Crippen LogP contribution is -2.19.